The molecule has 0 aliphatic rings. The van der Waals surface area contributed by atoms with Gasteiger partial charge in [-0.2, -0.15) is 0 Å². The third-order valence-corrected chi connectivity index (χ3v) is 3.37. The molecule has 0 radical (unpaired) electrons. The van der Waals surface area contributed by atoms with E-state index in [1.54, 1.807) is 12.1 Å². The van der Waals surface area contributed by atoms with Gasteiger partial charge in [0.15, 0.2) is 0 Å². The summed E-state index contributed by atoms with van der Waals surface area (Å²) in [4.78, 5) is 15.2. The first-order valence-corrected chi connectivity index (χ1v) is 7.05. The minimum Gasteiger partial charge on any atom is -0.473 e. The number of carbonyl (C=O) groups is 1. The Labute approximate surface area is 132 Å². The number of amides is 1. The second-order valence-corrected chi connectivity index (χ2v) is 4.95. The second-order valence-electron chi connectivity index (χ2n) is 4.95. The average molecular weight is 309 g/mol. The van der Waals surface area contributed by atoms with E-state index in [-0.39, 0.29) is 12.3 Å². The van der Waals surface area contributed by atoms with Crippen molar-refractivity contribution in [3.8, 4) is 17.1 Å². The van der Waals surface area contributed by atoms with Crippen LogP contribution in [0, 0.1) is 6.92 Å². The maximum atomic E-state index is 11.2. The third-order valence-electron chi connectivity index (χ3n) is 3.37. The fourth-order valence-electron chi connectivity index (χ4n) is 2.16. The molecule has 6 heteroatoms. The van der Waals surface area contributed by atoms with Crippen molar-refractivity contribution in [3.63, 3.8) is 0 Å². The molecule has 23 heavy (non-hydrogen) atoms. The van der Waals surface area contributed by atoms with Crippen LogP contribution >= 0.6 is 0 Å². The summed E-state index contributed by atoms with van der Waals surface area (Å²) in [6.07, 6.45) is 0. The van der Waals surface area contributed by atoms with E-state index in [4.69, 9.17) is 15.0 Å². The molecule has 1 aromatic carbocycles. The van der Waals surface area contributed by atoms with Crippen LogP contribution in [-0.2, 0) is 6.61 Å². The highest BCUT2D eigenvalue weighted by atomic mass is 16.5. The van der Waals surface area contributed by atoms with Gasteiger partial charge in [-0.25, -0.2) is 4.98 Å². The van der Waals surface area contributed by atoms with Crippen LogP contribution < -0.4 is 10.5 Å². The maximum absolute atomic E-state index is 11.2. The van der Waals surface area contributed by atoms with Gasteiger partial charge in [-0.15, -0.1) is 0 Å². The first kappa shape index (κ1) is 14.8. The Morgan fingerprint density at radius 1 is 1.17 bits per heavy atom. The molecule has 3 aromatic rings. The van der Waals surface area contributed by atoms with Crippen molar-refractivity contribution < 1.29 is 14.1 Å². The molecule has 0 aliphatic carbocycles. The monoisotopic (exact) mass is 309 g/mol. The van der Waals surface area contributed by atoms with Gasteiger partial charge in [0.25, 0.3) is 5.91 Å². The largest absolute Gasteiger partial charge is 0.473 e. The fraction of sp³-hybridized carbons (Fsp3) is 0.118. The molecule has 1 amide bonds. The average Bonchev–Trinajstić information content (AvgIpc) is 2.95. The zero-order valence-corrected chi connectivity index (χ0v) is 12.5. The Bertz CT molecular complexity index is 828. The second kappa shape index (κ2) is 6.31. The Balaban J connectivity index is 1.83. The number of rotatable bonds is 5. The Morgan fingerprint density at radius 2 is 1.96 bits per heavy atom. The van der Waals surface area contributed by atoms with Crippen molar-refractivity contribution in [2.75, 3.05) is 0 Å². The predicted molar refractivity (Wildman–Crippen MR) is 83.8 cm³/mol. The molecule has 0 unspecified atom stereocenters. The molecule has 6 nitrogen and oxygen atoms in total. The Morgan fingerprint density at radius 3 is 2.70 bits per heavy atom. The molecule has 0 spiro atoms. The summed E-state index contributed by atoms with van der Waals surface area (Å²) in [6, 6.07) is 14.6. The van der Waals surface area contributed by atoms with E-state index in [0.29, 0.717) is 11.6 Å². The number of nitrogens with zero attached hydrogens (tertiary/aromatic N) is 2. The maximum Gasteiger partial charge on any atom is 0.267 e. The minimum absolute atomic E-state index is 0.160. The number of aryl methyl sites for hydroxylation is 1. The van der Waals surface area contributed by atoms with Crippen LogP contribution in [0.4, 0.5) is 0 Å². The molecule has 0 aliphatic heterocycles. The zero-order valence-electron chi connectivity index (χ0n) is 12.5. The van der Waals surface area contributed by atoms with Gasteiger partial charge in [0.2, 0.25) is 5.88 Å². The van der Waals surface area contributed by atoms with Crippen LogP contribution in [-0.4, -0.2) is 16.0 Å². The van der Waals surface area contributed by atoms with Crippen LogP contribution in [0.5, 0.6) is 5.88 Å². The van der Waals surface area contributed by atoms with Gasteiger partial charge in [0, 0.05) is 11.6 Å². The molecule has 3 rings (SSSR count). The number of hydrogen-bond donors (Lipinski definition) is 1. The summed E-state index contributed by atoms with van der Waals surface area (Å²) < 4.78 is 10.9. The molecule has 0 atom stereocenters. The molecule has 2 aromatic heterocycles. The normalized spacial score (nSPS) is 10.5. The molecule has 116 valence electrons. The SMILES string of the molecule is Cc1onc(-c2ccccc2)c1COc1cccc(C(N)=O)n1. The smallest absolute Gasteiger partial charge is 0.267 e. The third kappa shape index (κ3) is 3.21. The Hall–Kier alpha value is -3.15. The number of primary amides is 1. The lowest BCUT2D eigenvalue weighted by Crippen LogP contribution is -2.13. The van der Waals surface area contributed by atoms with E-state index in [0.717, 1.165) is 16.8 Å². The van der Waals surface area contributed by atoms with Gasteiger partial charge in [0.1, 0.15) is 23.8 Å². The molecule has 2 heterocycles. The lowest BCUT2D eigenvalue weighted by Gasteiger charge is -2.06. The van der Waals surface area contributed by atoms with E-state index in [2.05, 4.69) is 10.1 Å². The fourth-order valence-corrected chi connectivity index (χ4v) is 2.16. The van der Waals surface area contributed by atoms with E-state index in [1.807, 2.05) is 37.3 Å². The number of aromatic nitrogens is 2. The molecular formula is C17H15N3O3. The van der Waals surface area contributed by atoms with Crippen LogP contribution in [0.1, 0.15) is 21.8 Å². The van der Waals surface area contributed by atoms with Crippen LogP contribution in [0.15, 0.2) is 53.1 Å². The van der Waals surface area contributed by atoms with Crippen LogP contribution in [0.25, 0.3) is 11.3 Å². The lowest BCUT2D eigenvalue weighted by atomic mass is 10.1. The number of nitrogens with two attached hydrogens (primary N) is 1. The van der Waals surface area contributed by atoms with Gasteiger partial charge in [-0.1, -0.05) is 41.6 Å². The number of carbonyl (C=O) groups excluding carboxylic acids is 1. The highest BCUT2D eigenvalue weighted by molar-refractivity contribution is 5.90. The summed E-state index contributed by atoms with van der Waals surface area (Å²) in [5, 5.41) is 4.09. The van der Waals surface area contributed by atoms with Gasteiger partial charge in [-0.05, 0) is 13.0 Å². The molecule has 0 saturated heterocycles. The van der Waals surface area contributed by atoms with E-state index < -0.39 is 5.91 Å². The van der Waals surface area contributed by atoms with Crippen molar-refractivity contribution in [3.05, 3.63) is 65.5 Å². The van der Waals surface area contributed by atoms with E-state index in [9.17, 15) is 4.79 Å². The first-order valence-electron chi connectivity index (χ1n) is 7.05. The number of benzene rings is 1. The Kier molecular flexibility index (Phi) is 4.05. The van der Waals surface area contributed by atoms with E-state index in [1.165, 1.54) is 6.07 Å². The predicted octanol–water partition coefficient (Wildman–Crippen LogP) is 2.72. The summed E-state index contributed by atoms with van der Waals surface area (Å²) in [5.74, 6) is 0.400. The van der Waals surface area contributed by atoms with Gasteiger partial charge in [0.05, 0.1) is 5.56 Å². The quantitative estimate of drug-likeness (QED) is 0.782. The summed E-state index contributed by atoms with van der Waals surface area (Å²) in [5.41, 5.74) is 7.89. The van der Waals surface area contributed by atoms with Gasteiger partial charge >= 0.3 is 0 Å². The summed E-state index contributed by atoms with van der Waals surface area (Å²) in [7, 11) is 0. The number of ether oxygens (including phenoxy) is 1. The molecule has 0 bridgehead atoms. The summed E-state index contributed by atoms with van der Waals surface area (Å²) >= 11 is 0. The van der Waals surface area contributed by atoms with Crippen molar-refractivity contribution in [1.82, 2.24) is 10.1 Å². The van der Waals surface area contributed by atoms with Crippen molar-refractivity contribution in [2.45, 2.75) is 13.5 Å². The molecule has 0 saturated carbocycles. The standard InChI is InChI=1S/C17H15N3O3/c1-11-13(16(20-23-11)12-6-3-2-4-7-12)10-22-15-9-5-8-14(19-15)17(18)21/h2-9H,10H2,1H3,(H2,18,21). The van der Waals surface area contributed by atoms with Gasteiger partial charge in [-0.3, -0.25) is 4.79 Å². The van der Waals surface area contributed by atoms with Crippen molar-refractivity contribution in [2.24, 2.45) is 5.73 Å². The molecule has 0 fully saturated rings. The lowest BCUT2D eigenvalue weighted by molar-refractivity contribution is 0.0994. The van der Waals surface area contributed by atoms with Crippen LogP contribution in [0.2, 0.25) is 0 Å². The summed E-state index contributed by atoms with van der Waals surface area (Å²) in [6.45, 7) is 2.06. The van der Waals surface area contributed by atoms with Gasteiger partial charge < -0.3 is 15.0 Å². The minimum atomic E-state index is -0.596. The topological polar surface area (TPSA) is 91.2 Å². The highest BCUT2D eigenvalue weighted by Gasteiger charge is 2.15. The van der Waals surface area contributed by atoms with Crippen LogP contribution in [0.3, 0.4) is 0 Å². The van der Waals surface area contributed by atoms with E-state index >= 15 is 0 Å². The molecular weight excluding hydrogens is 294 g/mol. The number of pyridine rings is 1. The highest BCUT2D eigenvalue weighted by Crippen LogP contribution is 2.26. The zero-order chi connectivity index (χ0) is 16.2. The van der Waals surface area contributed by atoms with Crippen molar-refractivity contribution in [1.29, 1.82) is 0 Å². The van der Waals surface area contributed by atoms with Crippen molar-refractivity contribution >= 4 is 5.91 Å². The number of hydrogen-bond acceptors (Lipinski definition) is 5. The molecule has 2 N–H and O–H groups in total. The first-order chi connectivity index (χ1) is 11.1.